The zero-order valence-electron chi connectivity index (χ0n) is 13.5. The van der Waals surface area contributed by atoms with E-state index in [4.69, 9.17) is 0 Å². The number of hydrogen-bond acceptors (Lipinski definition) is 3. The summed E-state index contributed by atoms with van der Waals surface area (Å²) in [5.41, 5.74) is -0.570. The molecule has 0 aliphatic heterocycles. The molecule has 6 heteroatoms. The van der Waals surface area contributed by atoms with E-state index < -0.39 is 5.60 Å². The molecule has 1 saturated carbocycles. The number of nitrogens with zero attached hydrogens (tertiary/aromatic N) is 1. The number of aliphatic imine (C=N–C) groups is 1. The highest BCUT2D eigenvalue weighted by atomic mass is 127. The van der Waals surface area contributed by atoms with Crippen molar-refractivity contribution in [1.82, 2.24) is 10.6 Å². The monoisotopic (exact) mass is 429 g/mol. The molecule has 0 saturated heterocycles. The maximum absolute atomic E-state index is 10.5. The second kappa shape index (κ2) is 12.8. The molecule has 1 rings (SSSR count). The topological polar surface area (TPSA) is 56.7 Å². The zero-order valence-corrected chi connectivity index (χ0v) is 16.6. The van der Waals surface area contributed by atoms with Crippen LogP contribution in [0.25, 0.3) is 0 Å². The van der Waals surface area contributed by atoms with Crippen LogP contribution in [-0.4, -0.2) is 48.3 Å². The smallest absolute Gasteiger partial charge is 0.191 e. The summed E-state index contributed by atoms with van der Waals surface area (Å²) >= 11 is 1.89. The molecule has 0 bridgehead atoms. The third-order valence-electron chi connectivity index (χ3n) is 3.73. The maximum Gasteiger partial charge on any atom is 0.191 e. The van der Waals surface area contributed by atoms with Crippen LogP contribution >= 0.6 is 35.7 Å². The molecule has 126 valence electrons. The molecule has 1 aliphatic carbocycles. The Kier molecular flexibility index (Phi) is 13.0. The Labute approximate surface area is 151 Å². The van der Waals surface area contributed by atoms with E-state index in [2.05, 4.69) is 28.8 Å². The van der Waals surface area contributed by atoms with Crippen LogP contribution in [0.1, 0.15) is 51.9 Å². The molecular formula is C15H32IN3OS. The van der Waals surface area contributed by atoms with E-state index in [1.165, 1.54) is 18.6 Å². The van der Waals surface area contributed by atoms with E-state index in [0.717, 1.165) is 51.2 Å². The van der Waals surface area contributed by atoms with E-state index in [-0.39, 0.29) is 24.0 Å². The van der Waals surface area contributed by atoms with Crippen LogP contribution in [0, 0.1) is 0 Å². The number of halogens is 1. The molecule has 3 N–H and O–H groups in total. The number of hydrogen-bond donors (Lipinski definition) is 3. The molecule has 0 aromatic rings. The summed E-state index contributed by atoms with van der Waals surface area (Å²) in [6, 6.07) is 0. The summed E-state index contributed by atoms with van der Waals surface area (Å²) in [4.78, 5) is 4.57. The van der Waals surface area contributed by atoms with E-state index in [9.17, 15) is 5.11 Å². The Hall–Kier alpha value is 0.310. The first-order valence-corrected chi connectivity index (χ1v) is 9.33. The molecule has 0 spiro atoms. The van der Waals surface area contributed by atoms with Crippen LogP contribution in [-0.2, 0) is 0 Å². The Morgan fingerprint density at radius 1 is 1.19 bits per heavy atom. The van der Waals surface area contributed by atoms with Crippen LogP contribution in [0.2, 0.25) is 0 Å². The number of guanidine groups is 1. The van der Waals surface area contributed by atoms with Crippen LogP contribution in [0.4, 0.5) is 0 Å². The minimum absolute atomic E-state index is 0. The summed E-state index contributed by atoms with van der Waals surface area (Å²) in [6.07, 6.45) is 9.83. The highest BCUT2D eigenvalue weighted by Crippen LogP contribution is 2.28. The lowest BCUT2D eigenvalue weighted by Crippen LogP contribution is -2.41. The van der Waals surface area contributed by atoms with Crippen molar-refractivity contribution in [3.8, 4) is 0 Å². The SMILES string of the molecule is CCNC(=NCC1(O)CCCCC1)NCCCCSC.I. The standard InChI is InChI=1S/C15H31N3OS.HI/c1-3-16-14(17-11-7-8-12-20-2)18-13-15(19)9-5-4-6-10-15;/h19H,3-13H2,1-2H3,(H2,16,17,18);1H. The largest absolute Gasteiger partial charge is 0.388 e. The van der Waals surface area contributed by atoms with Gasteiger partial charge in [0.2, 0.25) is 0 Å². The summed E-state index contributed by atoms with van der Waals surface area (Å²) in [7, 11) is 0. The molecular weight excluding hydrogens is 397 g/mol. The van der Waals surface area contributed by atoms with Gasteiger partial charge < -0.3 is 15.7 Å². The fraction of sp³-hybridized carbons (Fsp3) is 0.933. The molecule has 0 amide bonds. The molecule has 0 unspecified atom stereocenters. The lowest BCUT2D eigenvalue weighted by atomic mass is 9.85. The van der Waals surface area contributed by atoms with Gasteiger partial charge in [0.25, 0.3) is 0 Å². The van der Waals surface area contributed by atoms with Gasteiger partial charge in [0.15, 0.2) is 5.96 Å². The van der Waals surface area contributed by atoms with Crippen molar-refractivity contribution in [3.63, 3.8) is 0 Å². The lowest BCUT2D eigenvalue weighted by molar-refractivity contribution is 0.0131. The number of aliphatic hydroxyl groups is 1. The van der Waals surface area contributed by atoms with Gasteiger partial charge in [-0.25, -0.2) is 0 Å². The summed E-state index contributed by atoms with van der Waals surface area (Å²) < 4.78 is 0. The van der Waals surface area contributed by atoms with Gasteiger partial charge in [0.1, 0.15) is 0 Å². The van der Waals surface area contributed by atoms with E-state index in [1.807, 2.05) is 11.8 Å². The van der Waals surface area contributed by atoms with Gasteiger partial charge >= 0.3 is 0 Å². The minimum atomic E-state index is -0.570. The van der Waals surface area contributed by atoms with Gasteiger partial charge in [-0.15, -0.1) is 24.0 Å². The quantitative estimate of drug-likeness (QED) is 0.240. The third kappa shape index (κ3) is 9.84. The maximum atomic E-state index is 10.5. The molecule has 0 heterocycles. The van der Waals surface area contributed by atoms with Gasteiger partial charge in [-0.3, -0.25) is 4.99 Å². The van der Waals surface area contributed by atoms with Crippen molar-refractivity contribution >= 4 is 41.7 Å². The molecule has 1 aliphatic rings. The number of nitrogens with one attached hydrogen (secondary N) is 2. The van der Waals surface area contributed by atoms with Crippen molar-refractivity contribution in [2.75, 3.05) is 31.6 Å². The Balaban J connectivity index is 0.00000400. The second-order valence-corrected chi connectivity index (χ2v) is 6.59. The summed E-state index contributed by atoms with van der Waals surface area (Å²) in [5, 5.41) is 17.1. The zero-order chi connectivity index (χ0) is 14.7. The van der Waals surface area contributed by atoms with Crippen LogP contribution in [0.15, 0.2) is 4.99 Å². The van der Waals surface area contributed by atoms with Gasteiger partial charge in [-0.2, -0.15) is 11.8 Å². The Morgan fingerprint density at radius 3 is 2.52 bits per heavy atom. The van der Waals surface area contributed by atoms with Crippen LogP contribution in [0.5, 0.6) is 0 Å². The lowest BCUT2D eigenvalue weighted by Gasteiger charge is -2.30. The molecule has 0 aromatic heterocycles. The molecule has 0 radical (unpaired) electrons. The Morgan fingerprint density at radius 2 is 1.90 bits per heavy atom. The van der Waals surface area contributed by atoms with Gasteiger partial charge in [-0.1, -0.05) is 19.3 Å². The summed E-state index contributed by atoms with van der Waals surface area (Å²) in [5.74, 6) is 2.06. The normalized spacial score (nSPS) is 18.0. The van der Waals surface area contributed by atoms with Crippen LogP contribution < -0.4 is 10.6 Å². The average molecular weight is 429 g/mol. The average Bonchev–Trinajstić information content (AvgIpc) is 2.45. The van der Waals surface area contributed by atoms with Crippen molar-refractivity contribution in [3.05, 3.63) is 0 Å². The fourth-order valence-corrected chi connectivity index (χ4v) is 3.01. The summed E-state index contributed by atoms with van der Waals surface area (Å²) in [6.45, 7) is 4.40. The fourth-order valence-electron chi connectivity index (χ4n) is 2.51. The Bertz CT molecular complexity index is 284. The molecule has 0 aromatic carbocycles. The van der Waals surface area contributed by atoms with Gasteiger partial charge in [0, 0.05) is 13.1 Å². The van der Waals surface area contributed by atoms with Gasteiger partial charge in [0.05, 0.1) is 12.1 Å². The van der Waals surface area contributed by atoms with E-state index >= 15 is 0 Å². The van der Waals surface area contributed by atoms with Crippen molar-refractivity contribution < 1.29 is 5.11 Å². The number of rotatable bonds is 8. The van der Waals surface area contributed by atoms with Crippen molar-refractivity contribution in [2.45, 2.75) is 57.5 Å². The minimum Gasteiger partial charge on any atom is -0.388 e. The molecule has 1 fully saturated rings. The molecule has 4 nitrogen and oxygen atoms in total. The van der Waals surface area contributed by atoms with Crippen molar-refractivity contribution in [1.29, 1.82) is 0 Å². The predicted octanol–water partition coefficient (Wildman–Crippen LogP) is 3.00. The molecule has 0 atom stereocenters. The first-order chi connectivity index (χ1) is 9.70. The first kappa shape index (κ1) is 21.3. The second-order valence-electron chi connectivity index (χ2n) is 5.61. The highest BCUT2D eigenvalue weighted by molar-refractivity contribution is 14.0. The van der Waals surface area contributed by atoms with Crippen LogP contribution in [0.3, 0.4) is 0 Å². The highest BCUT2D eigenvalue weighted by Gasteiger charge is 2.28. The van der Waals surface area contributed by atoms with Gasteiger partial charge in [-0.05, 0) is 44.6 Å². The first-order valence-electron chi connectivity index (χ1n) is 7.94. The number of unbranched alkanes of at least 4 members (excludes halogenated alkanes) is 1. The van der Waals surface area contributed by atoms with E-state index in [0.29, 0.717) is 6.54 Å². The van der Waals surface area contributed by atoms with Crippen molar-refractivity contribution in [2.24, 2.45) is 4.99 Å². The third-order valence-corrected chi connectivity index (χ3v) is 4.42. The predicted molar refractivity (Wildman–Crippen MR) is 105 cm³/mol. The van der Waals surface area contributed by atoms with E-state index in [1.54, 1.807) is 0 Å². The molecule has 21 heavy (non-hydrogen) atoms. The number of thioether (sulfide) groups is 1.